The molecule has 0 aliphatic carbocycles. The van der Waals surface area contributed by atoms with Gasteiger partial charge in [-0.3, -0.25) is 14.7 Å². The fraction of sp³-hybridized carbons (Fsp3) is 0.300. The highest BCUT2D eigenvalue weighted by Gasteiger charge is 2.19. The van der Waals surface area contributed by atoms with Crippen molar-refractivity contribution in [3.63, 3.8) is 0 Å². The molecule has 0 aliphatic heterocycles. The zero-order chi connectivity index (χ0) is 29.3. The normalized spacial score (nSPS) is 10.6. The molecule has 212 valence electrons. The molecular formula is C30H39N7O3. The standard InChI is InChI=1S/C25H25N7O2.C3H8O.C2H6/c1-27-24(26)17-6-9-19(10-7-17)29-16-22-30-20-11-8-18(15-21(20)31-22)25(34)32(13-4-14-33)23-5-2-3-12-28-23;1-3-4-2;1-2/h2-3,5-12,14-15,29H,4,13,16H2,1H3,(H2,26,27)(H,30,31);3H2,1-2H3;1-2H3. The molecule has 4 rings (SSSR count). The number of hydrogen-bond donors (Lipinski definition) is 3. The molecule has 4 N–H and O–H groups in total. The molecule has 0 fully saturated rings. The van der Waals surface area contributed by atoms with E-state index in [9.17, 15) is 9.59 Å². The highest BCUT2D eigenvalue weighted by atomic mass is 16.5. The summed E-state index contributed by atoms with van der Waals surface area (Å²) in [6, 6.07) is 18.3. The first-order valence-electron chi connectivity index (χ1n) is 13.2. The summed E-state index contributed by atoms with van der Waals surface area (Å²) in [7, 11) is 3.34. The van der Waals surface area contributed by atoms with Crippen molar-refractivity contribution >= 4 is 40.6 Å². The third-order valence-corrected chi connectivity index (χ3v) is 5.59. The first-order chi connectivity index (χ1) is 19.5. The first kappa shape index (κ1) is 31.6. The zero-order valence-corrected chi connectivity index (χ0v) is 23.8. The van der Waals surface area contributed by atoms with Crippen LogP contribution in [0.1, 0.15) is 48.9 Å². The zero-order valence-electron chi connectivity index (χ0n) is 23.8. The van der Waals surface area contributed by atoms with E-state index in [-0.39, 0.29) is 18.9 Å². The fourth-order valence-corrected chi connectivity index (χ4v) is 3.52. The summed E-state index contributed by atoms with van der Waals surface area (Å²) in [5.41, 5.74) is 9.61. The maximum Gasteiger partial charge on any atom is 0.259 e. The number of fused-ring (bicyclic) bond motifs is 1. The number of carbonyl (C=O) groups is 2. The Morgan fingerprint density at radius 3 is 2.42 bits per heavy atom. The number of carbonyl (C=O) groups excluding carboxylic acids is 2. The number of nitrogens with two attached hydrogens (primary N) is 1. The number of benzene rings is 2. The van der Waals surface area contributed by atoms with Gasteiger partial charge in [0.1, 0.15) is 23.8 Å². The molecule has 4 aromatic rings. The monoisotopic (exact) mass is 545 g/mol. The molecule has 2 heterocycles. The second-order valence-electron chi connectivity index (χ2n) is 8.13. The summed E-state index contributed by atoms with van der Waals surface area (Å²) in [5, 5.41) is 3.32. The van der Waals surface area contributed by atoms with E-state index < -0.39 is 0 Å². The van der Waals surface area contributed by atoms with Crippen molar-refractivity contribution in [2.45, 2.75) is 33.7 Å². The van der Waals surface area contributed by atoms with E-state index in [0.29, 0.717) is 23.8 Å². The van der Waals surface area contributed by atoms with Gasteiger partial charge in [0.05, 0.1) is 17.6 Å². The number of pyridine rings is 1. The minimum absolute atomic E-state index is 0.225. The molecule has 0 aliphatic rings. The van der Waals surface area contributed by atoms with E-state index in [2.05, 4.69) is 30.0 Å². The van der Waals surface area contributed by atoms with Gasteiger partial charge in [0.15, 0.2) is 0 Å². The van der Waals surface area contributed by atoms with Crippen molar-refractivity contribution in [2.75, 3.05) is 37.5 Å². The van der Waals surface area contributed by atoms with Crippen molar-refractivity contribution in [2.24, 2.45) is 10.7 Å². The lowest BCUT2D eigenvalue weighted by molar-refractivity contribution is -0.107. The SMILES string of the molecule is CC.CCOC.CN=C(N)c1ccc(NCc2nc3ccc(C(=O)N(CCC=O)c4ccccn4)cc3[nH]2)cc1. The molecule has 10 nitrogen and oxygen atoms in total. The summed E-state index contributed by atoms with van der Waals surface area (Å²) in [5.74, 6) is 1.50. The topological polar surface area (TPSA) is 139 Å². The maximum atomic E-state index is 13.2. The second-order valence-corrected chi connectivity index (χ2v) is 8.13. The van der Waals surface area contributed by atoms with Gasteiger partial charge < -0.3 is 25.6 Å². The van der Waals surface area contributed by atoms with Crippen LogP contribution in [-0.2, 0) is 16.1 Å². The number of amidine groups is 1. The second kappa shape index (κ2) is 17.1. The van der Waals surface area contributed by atoms with Gasteiger partial charge in [0, 0.05) is 56.7 Å². The van der Waals surface area contributed by atoms with Crippen molar-refractivity contribution in [3.05, 3.63) is 83.8 Å². The Hall–Kier alpha value is -4.57. The van der Waals surface area contributed by atoms with Crippen molar-refractivity contribution in [1.82, 2.24) is 15.0 Å². The molecule has 1 amide bonds. The number of rotatable bonds is 10. The number of H-pyrrole nitrogens is 1. The summed E-state index contributed by atoms with van der Waals surface area (Å²) in [6.07, 6.45) is 2.64. The maximum absolute atomic E-state index is 13.2. The Bertz CT molecular complexity index is 1350. The van der Waals surface area contributed by atoms with Crippen LogP contribution in [0.4, 0.5) is 11.5 Å². The van der Waals surface area contributed by atoms with Crippen LogP contribution < -0.4 is 16.0 Å². The van der Waals surface area contributed by atoms with E-state index >= 15 is 0 Å². The first-order valence-corrected chi connectivity index (χ1v) is 13.2. The van der Waals surface area contributed by atoms with Gasteiger partial charge in [-0.25, -0.2) is 9.97 Å². The van der Waals surface area contributed by atoms with Crippen LogP contribution in [0.5, 0.6) is 0 Å². The van der Waals surface area contributed by atoms with Crippen LogP contribution >= 0.6 is 0 Å². The Balaban J connectivity index is 0.000000858. The number of aromatic nitrogens is 3. The molecule has 0 atom stereocenters. The minimum Gasteiger partial charge on any atom is -0.385 e. The van der Waals surface area contributed by atoms with Gasteiger partial charge in [0.25, 0.3) is 5.91 Å². The van der Waals surface area contributed by atoms with Gasteiger partial charge in [-0.15, -0.1) is 0 Å². The van der Waals surface area contributed by atoms with Crippen molar-refractivity contribution < 1.29 is 14.3 Å². The van der Waals surface area contributed by atoms with Crippen LogP contribution in [0.3, 0.4) is 0 Å². The van der Waals surface area contributed by atoms with Crippen LogP contribution in [0.25, 0.3) is 11.0 Å². The lowest BCUT2D eigenvalue weighted by atomic mass is 10.1. The number of nitrogens with zero attached hydrogens (tertiary/aromatic N) is 4. The molecule has 2 aromatic heterocycles. The number of amides is 1. The summed E-state index contributed by atoms with van der Waals surface area (Å²) < 4.78 is 4.54. The minimum atomic E-state index is -0.230. The van der Waals surface area contributed by atoms with E-state index in [1.807, 2.05) is 45.0 Å². The average molecular weight is 546 g/mol. The quantitative estimate of drug-likeness (QED) is 0.147. The molecule has 0 saturated heterocycles. The highest BCUT2D eigenvalue weighted by molar-refractivity contribution is 6.07. The number of aliphatic imine (C=N–C) groups is 1. The Morgan fingerprint density at radius 1 is 1.12 bits per heavy atom. The third kappa shape index (κ3) is 9.02. The smallest absolute Gasteiger partial charge is 0.259 e. The predicted octanol–water partition coefficient (Wildman–Crippen LogP) is 4.82. The summed E-state index contributed by atoms with van der Waals surface area (Å²) >= 11 is 0. The molecule has 0 bridgehead atoms. The van der Waals surface area contributed by atoms with Crippen LogP contribution in [0.15, 0.2) is 71.9 Å². The number of aromatic amines is 1. The molecule has 0 radical (unpaired) electrons. The van der Waals surface area contributed by atoms with Crippen molar-refractivity contribution in [1.29, 1.82) is 0 Å². The molecular weight excluding hydrogens is 506 g/mol. The molecule has 40 heavy (non-hydrogen) atoms. The molecule has 2 aromatic carbocycles. The number of hydrogen-bond acceptors (Lipinski definition) is 7. The van der Waals surface area contributed by atoms with Gasteiger partial charge in [-0.05, 0) is 61.5 Å². The Labute approximate surface area is 235 Å². The number of methoxy groups -OCH3 is 1. The van der Waals surface area contributed by atoms with Crippen LogP contribution in [-0.4, -0.2) is 60.3 Å². The van der Waals surface area contributed by atoms with E-state index in [1.165, 1.54) is 4.90 Å². The van der Waals surface area contributed by atoms with E-state index in [1.54, 1.807) is 56.8 Å². The van der Waals surface area contributed by atoms with Crippen molar-refractivity contribution in [3.8, 4) is 0 Å². The summed E-state index contributed by atoms with van der Waals surface area (Å²) in [6.45, 7) is 7.51. The molecule has 0 spiro atoms. The third-order valence-electron chi connectivity index (χ3n) is 5.59. The number of imidazole rings is 1. The molecule has 0 unspecified atom stereocenters. The highest BCUT2D eigenvalue weighted by Crippen LogP contribution is 2.19. The Morgan fingerprint density at radius 2 is 1.82 bits per heavy atom. The number of anilines is 2. The van der Waals surface area contributed by atoms with Crippen LogP contribution in [0.2, 0.25) is 0 Å². The average Bonchev–Trinajstić information content (AvgIpc) is 3.44. The van der Waals surface area contributed by atoms with Gasteiger partial charge >= 0.3 is 0 Å². The summed E-state index contributed by atoms with van der Waals surface area (Å²) in [4.78, 5) is 41.7. The largest absolute Gasteiger partial charge is 0.385 e. The van der Waals surface area contributed by atoms with Gasteiger partial charge in [-0.2, -0.15) is 0 Å². The van der Waals surface area contributed by atoms with Crippen LogP contribution in [0, 0.1) is 0 Å². The van der Waals surface area contributed by atoms with E-state index in [0.717, 1.165) is 41.0 Å². The van der Waals surface area contributed by atoms with Gasteiger partial charge in [-0.1, -0.05) is 19.9 Å². The number of aldehydes is 1. The fourth-order valence-electron chi connectivity index (χ4n) is 3.52. The van der Waals surface area contributed by atoms with Gasteiger partial charge in [0.2, 0.25) is 0 Å². The predicted molar refractivity (Wildman–Crippen MR) is 162 cm³/mol. The lowest BCUT2D eigenvalue weighted by Crippen LogP contribution is -2.32. The van der Waals surface area contributed by atoms with E-state index in [4.69, 9.17) is 5.73 Å². The number of nitrogens with one attached hydrogen (secondary N) is 2. The molecule has 0 saturated carbocycles. The number of ether oxygens (including phenoxy) is 1. The molecule has 10 heteroatoms. The lowest BCUT2D eigenvalue weighted by Gasteiger charge is -2.20. The Kier molecular flexibility index (Phi) is 13.5.